The highest BCUT2D eigenvalue weighted by Crippen LogP contribution is 2.32. The molecule has 0 aliphatic carbocycles. The molecule has 0 aliphatic rings. The Morgan fingerprint density at radius 1 is 1.21 bits per heavy atom. The Balaban J connectivity index is 2.25. The lowest BCUT2D eigenvalue weighted by Crippen LogP contribution is -2.35. The van der Waals surface area contributed by atoms with Crippen molar-refractivity contribution in [2.24, 2.45) is 7.05 Å². The quantitative estimate of drug-likeness (QED) is 0.633. The summed E-state index contributed by atoms with van der Waals surface area (Å²) in [5.41, 5.74) is 2.65. The zero-order valence-electron chi connectivity index (χ0n) is 15.6. The van der Waals surface area contributed by atoms with Crippen LogP contribution in [-0.2, 0) is 11.8 Å². The molecule has 8 nitrogen and oxygen atoms in total. The number of carboxylic acid groups (broad SMARTS) is 1. The van der Waals surface area contributed by atoms with E-state index in [2.05, 4.69) is 10.3 Å². The summed E-state index contributed by atoms with van der Waals surface area (Å²) in [5.74, 6) is -2.74. The molecule has 144 valence electrons. The molecule has 0 bridgehead atoms. The maximum atomic E-state index is 12.5. The first-order valence-corrected chi connectivity index (χ1v) is 8.50. The molecule has 0 fully saturated rings. The molecule has 28 heavy (non-hydrogen) atoms. The van der Waals surface area contributed by atoms with Gasteiger partial charge in [0.25, 0.3) is 11.5 Å². The van der Waals surface area contributed by atoms with E-state index in [1.54, 1.807) is 12.3 Å². The van der Waals surface area contributed by atoms with Gasteiger partial charge in [0, 0.05) is 18.8 Å². The number of hydrogen-bond acceptors (Lipinski definition) is 5. The van der Waals surface area contributed by atoms with E-state index in [0.717, 1.165) is 26.8 Å². The van der Waals surface area contributed by atoms with Gasteiger partial charge in [0.1, 0.15) is 23.5 Å². The van der Waals surface area contributed by atoms with Crippen LogP contribution in [0.3, 0.4) is 0 Å². The van der Waals surface area contributed by atoms with Crippen molar-refractivity contribution >= 4 is 22.9 Å². The third-order valence-electron chi connectivity index (χ3n) is 4.59. The van der Waals surface area contributed by atoms with Gasteiger partial charge in [-0.25, -0.2) is 4.98 Å². The monoisotopic (exact) mass is 381 g/mol. The Morgan fingerprint density at radius 2 is 1.86 bits per heavy atom. The number of benzene rings is 1. The van der Waals surface area contributed by atoms with E-state index in [0.29, 0.717) is 0 Å². The van der Waals surface area contributed by atoms with E-state index >= 15 is 0 Å². The predicted molar refractivity (Wildman–Crippen MR) is 104 cm³/mol. The highest BCUT2D eigenvalue weighted by atomic mass is 16.4. The molecule has 3 aromatic rings. The van der Waals surface area contributed by atoms with Crippen LogP contribution in [0, 0.1) is 13.8 Å². The van der Waals surface area contributed by atoms with E-state index in [9.17, 15) is 19.5 Å². The molecule has 0 spiro atoms. The Kier molecular flexibility index (Phi) is 4.87. The smallest absolute Gasteiger partial charge is 0.322 e. The second kappa shape index (κ2) is 7.15. The van der Waals surface area contributed by atoms with E-state index in [1.165, 1.54) is 7.05 Å². The van der Waals surface area contributed by atoms with Crippen LogP contribution in [-0.4, -0.2) is 38.2 Å². The fraction of sp³-hybridized carbons (Fsp3) is 0.200. The van der Waals surface area contributed by atoms with Crippen LogP contribution in [0.25, 0.3) is 22.2 Å². The number of amides is 1. The van der Waals surface area contributed by atoms with E-state index in [1.807, 2.05) is 32.0 Å². The number of rotatable bonds is 4. The van der Waals surface area contributed by atoms with Crippen LogP contribution in [0.4, 0.5) is 0 Å². The molecular formula is C20H19N3O5. The van der Waals surface area contributed by atoms with Crippen molar-refractivity contribution in [3.05, 3.63) is 57.5 Å². The summed E-state index contributed by atoms with van der Waals surface area (Å²) >= 11 is 0. The average molecular weight is 381 g/mol. The molecule has 1 amide bonds. The molecule has 0 radical (unpaired) electrons. The Morgan fingerprint density at radius 3 is 2.46 bits per heavy atom. The molecule has 0 saturated carbocycles. The fourth-order valence-corrected chi connectivity index (χ4v) is 3.25. The zero-order valence-corrected chi connectivity index (χ0v) is 15.6. The van der Waals surface area contributed by atoms with Gasteiger partial charge in [0.15, 0.2) is 0 Å². The number of carbonyl (C=O) groups is 2. The van der Waals surface area contributed by atoms with E-state index < -0.39 is 35.3 Å². The Labute approximate surface area is 160 Å². The first-order chi connectivity index (χ1) is 13.2. The van der Waals surface area contributed by atoms with Gasteiger partial charge in [-0.3, -0.25) is 19.0 Å². The van der Waals surface area contributed by atoms with Crippen LogP contribution in [0.5, 0.6) is 5.75 Å². The van der Waals surface area contributed by atoms with Gasteiger partial charge in [0.05, 0.1) is 5.39 Å². The third kappa shape index (κ3) is 3.20. The Bertz CT molecular complexity index is 1160. The summed E-state index contributed by atoms with van der Waals surface area (Å²) < 4.78 is 1.15. The number of aliphatic carboxylic acids is 1. The minimum absolute atomic E-state index is 0.215. The summed E-state index contributed by atoms with van der Waals surface area (Å²) in [6.07, 6.45) is 1.61. The minimum atomic E-state index is -1.26. The number of aryl methyl sites for hydroxylation is 3. The van der Waals surface area contributed by atoms with Crippen molar-refractivity contribution in [3.63, 3.8) is 0 Å². The lowest BCUT2D eigenvalue weighted by Gasteiger charge is -2.14. The molecule has 2 aromatic heterocycles. The van der Waals surface area contributed by atoms with Crippen LogP contribution in [0.2, 0.25) is 0 Å². The molecule has 8 heteroatoms. The number of carbonyl (C=O) groups excluding carboxylic acids is 1. The number of hydrogen-bond donors (Lipinski definition) is 3. The number of nitrogens with one attached hydrogen (secondary N) is 1. The van der Waals surface area contributed by atoms with Gasteiger partial charge in [0.2, 0.25) is 0 Å². The molecule has 2 heterocycles. The zero-order chi connectivity index (χ0) is 20.6. The normalized spacial score (nSPS) is 10.8. The first kappa shape index (κ1) is 19.1. The number of fused-ring (bicyclic) bond motifs is 1. The van der Waals surface area contributed by atoms with E-state index in [-0.39, 0.29) is 11.0 Å². The van der Waals surface area contributed by atoms with Crippen LogP contribution >= 0.6 is 0 Å². The maximum Gasteiger partial charge on any atom is 0.322 e. The number of carboxylic acids is 1. The van der Waals surface area contributed by atoms with Crippen molar-refractivity contribution in [2.75, 3.05) is 6.54 Å². The second-order valence-corrected chi connectivity index (χ2v) is 6.53. The van der Waals surface area contributed by atoms with Crippen LogP contribution in [0.15, 0.2) is 35.3 Å². The molecule has 0 saturated heterocycles. The van der Waals surface area contributed by atoms with Crippen molar-refractivity contribution in [1.29, 1.82) is 0 Å². The lowest BCUT2D eigenvalue weighted by atomic mass is 9.96. The first-order valence-electron chi connectivity index (χ1n) is 8.50. The van der Waals surface area contributed by atoms with Crippen molar-refractivity contribution in [1.82, 2.24) is 14.9 Å². The standard InChI is InChI=1S/C20H19N3O5/c1-10-5-4-6-11(2)15(10)12-7-13-17(26)16(19(27)22-9-14(24)25)20(28)23(3)18(13)21-8-12/h4-8,26H,9H2,1-3H3,(H,22,27)(H,24,25). The molecule has 0 unspecified atom stereocenters. The predicted octanol–water partition coefficient (Wildman–Crippen LogP) is 1.74. The average Bonchev–Trinajstić information content (AvgIpc) is 2.64. The van der Waals surface area contributed by atoms with Gasteiger partial charge < -0.3 is 15.5 Å². The minimum Gasteiger partial charge on any atom is -0.506 e. The molecule has 0 atom stereocenters. The van der Waals surface area contributed by atoms with Gasteiger partial charge in [-0.1, -0.05) is 18.2 Å². The molecule has 3 rings (SSSR count). The highest BCUT2D eigenvalue weighted by molar-refractivity contribution is 6.03. The maximum absolute atomic E-state index is 12.5. The molecule has 3 N–H and O–H groups in total. The summed E-state index contributed by atoms with van der Waals surface area (Å²) in [6.45, 7) is 3.25. The van der Waals surface area contributed by atoms with Crippen molar-refractivity contribution in [3.8, 4) is 16.9 Å². The van der Waals surface area contributed by atoms with Crippen LogP contribution < -0.4 is 10.9 Å². The topological polar surface area (TPSA) is 122 Å². The number of aromatic nitrogens is 2. The summed E-state index contributed by atoms with van der Waals surface area (Å²) in [6, 6.07) is 7.52. The van der Waals surface area contributed by atoms with Gasteiger partial charge >= 0.3 is 5.97 Å². The summed E-state index contributed by atoms with van der Waals surface area (Å²) in [4.78, 5) is 39.8. The van der Waals surface area contributed by atoms with Gasteiger partial charge in [-0.2, -0.15) is 0 Å². The fourth-order valence-electron chi connectivity index (χ4n) is 3.25. The number of nitrogens with zero attached hydrogens (tertiary/aromatic N) is 2. The van der Waals surface area contributed by atoms with Crippen molar-refractivity contribution in [2.45, 2.75) is 13.8 Å². The lowest BCUT2D eigenvalue weighted by molar-refractivity contribution is -0.135. The molecular weight excluding hydrogens is 362 g/mol. The van der Waals surface area contributed by atoms with Gasteiger partial charge in [-0.05, 0) is 36.6 Å². The summed E-state index contributed by atoms with van der Waals surface area (Å²) in [7, 11) is 1.43. The van der Waals surface area contributed by atoms with Crippen molar-refractivity contribution < 1.29 is 19.8 Å². The number of pyridine rings is 2. The Hall–Kier alpha value is -3.68. The highest BCUT2D eigenvalue weighted by Gasteiger charge is 2.22. The van der Waals surface area contributed by atoms with Gasteiger partial charge in [-0.15, -0.1) is 0 Å². The third-order valence-corrected chi connectivity index (χ3v) is 4.59. The number of aromatic hydroxyl groups is 1. The molecule has 1 aromatic carbocycles. The second-order valence-electron chi connectivity index (χ2n) is 6.53. The van der Waals surface area contributed by atoms with E-state index in [4.69, 9.17) is 5.11 Å². The van der Waals surface area contributed by atoms with Crippen LogP contribution in [0.1, 0.15) is 21.5 Å². The summed E-state index contributed by atoms with van der Waals surface area (Å²) in [5, 5.41) is 21.7. The molecule has 0 aliphatic heterocycles. The largest absolute Gasteiger partial charge is 0.506 e. The SMILES string of the molecule is Cc1cccc(C)c1-c1cnc2c(c1)c(O)c(C(=O)NCC(=O)O)c(=O)n2C.